The quantitative estimate of drug-likeness (QED) is 0.466. The molecular weight excluding hydrogens is 298 g/mol. The third-order valence-electron chi connectivity index (χ3n) is 1.41. The average molecular weight is 366 g/mol. The van der Waals surface area contributed by atoms with Crippen LogP contribution in [0.2, 0.25) is 0 Å². The minimum absolute atomic E-state index is 0. The summed E-state index contributed by atoms with van der Waals surface area (Å²) in [5.74, 6) is 0. The van der Waals surface area contributed by atoms with Gasteiger partial charge >= 0.3 is 0 Å². The summed E-state index contributed by atoms with van der Waals surface area (Å²) in [5.41, 5.74) is 0. The van der Waals surface area contributed by atoms with Gasteiger partial charge in [0.15, 0.2) is 0 Å². The Morgan fingerprint density at radius 2 is 1.37 bits per heavy atom. The zero-order chi connectivity index (χ0) is 39.5. The van der Waals surface area contributed by atoms with E-state index in [0.717, 1.165) is 21.1 Å². The molecule has 0 rings (SSSR count). The van der Waals surface area contributed by atoms with Crippen molar-refractivity contribution in [3.8, 4) is 0 Å². The minimum atomic E-state index is -4.96. The van der Waals surface area contributed by atoms with Gasteiger partial charge in [0.1, 0.15) is 0 Å². The van der Waals surface area contributed by atoms with Gasteiger partial charge in [-0.25, -0.2) is 0 Å². The maximum Gasteiger partial charge on any atom is 0.0958 e. The van der Waals surface area contributed by atoms with E-state index in [0.29, 0.717) is 0 Å². The van der Waals surface area contributed by atoms with Crippen molar-refractivity contribution in [2.75, 3.05) is 21.1 Å². The lowest BCUT2D eigenvalue weighted by Crippen LogP contribution is -3.00. The van der Waals surface area contributed by atoms with E-state index in [2.05, 4.69) is 0 Å². The number of hydrogen-bond acceptors (Lipinski definition) is 0. The molecule has 118 valence electrons. The van der Waals surface area contributed by atoms with Crippen LogP contribution in [0.5, 0.6) is 0 Å². The fourth-order valence-electron chi connectivity index (χ4n) is 0.508. The van der Waals surface area contributed by atoms with E-state index in [9.17, 15) is 0 Å². The van der Waals surface area contributed by atoms with Gasteiger partial charge in [0.25, 0.3) is 0 Å². The molecule has 0 aromatic heterocycles. The van der Waals surface area contributed by atoms with Crippen LogP contribution in [0.1, 0.15) is 124 Å². The van der Waals surface area contributed by atoms with Crippen LogP contribution in [0.4, 0.5) is 0 Å². The first-order valence-corrected chi connectivity index (χ1v) is 4.82. The second-order valence-corrected chi connectivity index (χ2v) is 3.74. The van der Waals surface area contributed by atoms with Crippen molar-refractivity contribution in [1.29, 1.82) is 0 Å². The van der Waals surface area contributed by atoms with Crippen LogP contribution in [0.25, 0.3) is 0 Å². The van der Waals surface area contributed by atoms with Crippen LogP contribution in [0.3, 0.4) is 0 Å². The van der Waals surface area contributed by atoms with Gasteiger partial charge in [-0.2, -0.15) is 0 Å². The van der Waals surface area contributed by atoms with Crippen molar-refractivity contribution >= 4 is 0 Å². The Morgan fingerprint density at radius 3 is 1.79 bits per heavy atom. The van der Waals surface area contributed by atoms with Crippen LogP contribution in [0.15, 0.2) is 0 Å². The van der Waals surface area contributed by atoms with Crippen molar-refractivity contribution in [3.63, 3.8) is 0 Å². The molecule has 1 nitrogen and oxygen atoms in total. The topological polar surface area (TPSA) is 0 Å². The first-order chi connectivity index (χ1) is 19.5. The van der Waals surface area contributed by atoms with Crippen LogP contribution in [-0.2, 0) is 0 Å². The van der Waals surface area contributed by atoms with Crippen molar-refractivity contribution in [2.24, 2.45) is 0 Å². The van der Waals surface area contributed by atoms with E-state index in [1.165, 1.54) is 0 Å². The molecule has 1 unspecified atom stereocenters. The Kier molecular flexibility index (Phi) is 2.17. The van der Waals surface area contributed by atoms with Gasteiger partial charge in [-0.15, -0.1) is 0 Å². The maximum atomic E-state index is 8.53. The first-order valence-electron chi connectivity index (χ1n) is 19.3. The molecule has 0 aliphatic heterocycles. The van der Waals surface area contributed by atoms with E-state index >= 15 is 0 Å². The Balaban J connectivity index is 0. The van der Waals surface area contributed by atoms with Gasteiger partial charge in [-0.05, 0) is 19.6 Å². The predicted octanol–water partition coefficient (Wildman–Crippen LogP) is 2.40. The predicted molar refractivity (Wildman–Crippen MR) is 84.0 cm³/mol. The lowest BCUT2D eigenvalue weighted by atomic mass is 10.0. The SMILES string of the molecule is [2H]C([2H])([2H])C([2H])([2H])C([2H])([2H])C([2H])([2H])C([2H])([2H])C([2H])([2H])C([2H])([2H])C([2H])([2H])C([2H])([2H])C([2H])([2H])C([2H])([2H])C([2H])([2H])C([2H])(C([2H])([2H])[2H])[N+](C)(C)C.[Br-]. The molecule has 0 fully saturated rings. The largest absolute Gasteiger partial charge is 1.00 e. The molecule has 0 saturated heterocycles. The van der Waals surface area contributed by atoms with Crippen LogP contribution in [0, 0.1) is 0 Å². The number of quaternary nitrogens is 1. The minimum Gasteiger partial charge on any atom is -1.00 e. The Labute approximate surface area is 174 Å². The van der Waals surface area contributed by atoms with Gasteiger partial charge in [-0.3, -0.25) is 0 Å². The zero-order valence-corrected chi connectivity index (χ0v) is 12.4. The molecule has 2 heteroatoms. The molecule has 0 bridgehead atoms. The van der Waals surface area contributed by atoms with E-state index in [1.807, 2.05) is 0 Å². The van der Waals surface area contributed by atoms with E-state index in [1.54, 1.807) is 0 Å². The molecule has 0 spiro atoms. The molecule has 0 radical (unpaired) electrons. The normalized spacial score (nSPS) is 47.0. The van der Waals surface area contributed by atoms with Gasteiger partial charge in [0, 0.05) is 38.4 Å². The standard InChI is InChI=1S/C17H38N.BrH/c1-6-7-8-9-10-11-12-13-14-15-16-17(2)18(3,4)5;/h17H,6-16H2,1-5H3;1H/q+1;/p-1/i1D3,2D3,6D2,7D2,8D2,9D2,10D2,11D2,12D2,13D2,14D2,15D2,16D2,17D;. The lowest BCUT2D eigenvalue weighted by Gasteiger charge is -2.31. The number of rotatable bonds is 12. The molecule has 0 aliphatic carbocycles. The van der Waals surface area contributed by atoms with Crippen molar-refractivity contribution < 1.29 is 61.2 Å². The molecule has 19 heavy (non-hydrogen) atoms. The monoisotopic (exact) mass is 364 g/mol. The molecule has 0 N–H and O–H groups in total. The summed E-state index contributed by atoms with van der Waals surface area (Å²) in [4.78, 5) is 0. The molecule has 0 aromatic carbocycles. The highest BCUT2D eigenvalue weighted by molar-refractivity contribution is 4.52. The van der Waals surface area contributed by atoms with Gasteiger partial charge in [0.05, 0.1) is 28.5 Å². The van der Waals surface area contributed by atoms with Crippen LogP contribution in [-0.4, -0.2) is 31.6 Å². The molecule has 0 saturated carbocycles. The summed E-state index contributed by atoms with van der Waals surface area (Å²) >= 11 is 0. The molecule has 0 aromatic rings. The van der Waals surface area contributed by atoms with Crippen LogP contribution < -0.4 is 17.0 Å². The van der Waals surface area contributed by atoms with Crippen molar-refractivity contribution in [1.82, 2.24) is 0 Å². The fraction of sp³-hybridized carbons (Fsp3) is 1.00. The fourth-order valence-corrected chi connectivity index (χ4v) is 0.508. The molecule has 0 amide bonds. The number of hydrogen-bond donors (Lipinski definition) is 0. The van der Waals surface area contributed by atoms with Crippen molar-refractivity contribution in [2.45, 2.75) is 89.8 Å². The van der Waals surface area contributed by atoms with Crippen molar-refractivity contribution in [3.05, 3.63) is 0 Å². The lowest BCUT2D eigenvalue weighted by molar-refractivity contribution is -0.894. The van der Waals surface area contributed by atoms with Gasteiger partial charge in [0.2, 0.25) is 0 Å². The summed E-state index contributed by atoms with van der Waals surface area (Å²) in [6.45, 7) is -7.86. The second-order valence-electron chi connectivity index (χ2n) is 3.74. The third kappa shape index (κ3) is 14.7. The highest BCUT2D eigenvalue weighted by Crippen LogP contribution is 2.14. The summed E-state index contributed by atoms with van der Waals surface area (Å²) in [7, 11) is 2.69. The van der Waals surface area contributed by atoms with Gasteiger partial charge < -0.3 is 21.5 Å². The third-order valence-corrected chi connectivity index (χ3v) is 1.41. The number of halogens is 1. The second kappa shape index (κ2) is 13.4. The smallest absolute Gasteiger partial charge is 0.0958 e. The Hall–Kier alpha value is 0.440. The van der Waals surface area contributed by atoms with Gasteiger partial charge in [-0.1, -0.05) is 64.2 Å². The van der Waals surface area contributed by atoms with E-state index < -0.39 is 94.3 Å². The summed E-state index contributed by atoms with van der Waals surface area (Å²) in [6.07, 6.45) is -52.0. The summed E-state index contributed by atoms with van der Waals surface area (Å²) in [6, 6.07) is -3.71. The maximum absolute atomic E-state index is 8.53. The Morgan fingerprint density at radius 1 is 0.895 bits per heavy atom. The zero-order valence-electron chi connectivity index (χ0n) is 39.8. The Bertz CT molecular complexity index is 1140. The molecule has 0 heterocycles. The molecule has 0 aliphatic rings. The number of nitrogens with zero attached hydrogens (tertiary/aromatic N) is 1. The average Bonchev–Trinajstić information content (AvgIpc) is 2.79. The first kappa shape index (κ1) is 3.07. The van der Waals surface area contributed by atoms with E-state index in [-0.39, 0.29) is 17.0 Å². The highest BCUT2D eigenvalue weighted by atomic mass is 79.9. The summed E-state index contributed by atoms with van der Waals surface area (Å²) < 4.78 is 231. The molecule has 1 atom stereocenters. The summed E-state index contributed by atoms with van der Waals surface area (Å²) in [5, 5.41) is 0. The molecular formula is C17H38BrN. The van der Waals surface area contributed by atoms with E-state index in [4.69, 9.17) is 39.8 Å². The highest BCUT2D eigenvalue weighted by Gasteiger charge is 2.16. The van der Waals surface area contributed by atoms with Crippen LogP contribution >= 0.6 is 0 Å².